The van der Waals surface area contributed by atoms with Gasteiger partial charge in [-0.3, -0.25) is 0 Å². The fourth-order valence-corrected chi connectivity index (χ4v) is 2.25. The monoisotopic (exact) mass is 380 g/mol. The summed E-state index contributed by atoms with van der Waals surface area (Å²) in [4.78, 5) is 11.1. The first-order valence-electron chi connectivity index (χ1n) is 8.51. The van der Waals surface area contributed by atoms with Crippen molar-refractivity contribution in [3.05, 3.63) is 0 Å². The van der Waals surface area contributed by atoms with E-state index in [1.165, 1.54) is 12.8 Å². The molecule has 0 aliphatic carbocycles. The molecule has 1 N–H and O–H groups in total. The molecule has 0 spiro atoms. The Hall–Kier alpha value is -0.990. The minimum absolute atomic E-state index is 0.146. The zero-order chi connectivity index (χ0) is 19.6. The smallest absolute Gasteiger partial charge is 0.437 e. The van der Waals surface area contributed by atoms with Gasteiger partial charge in [0.05, 0.1) is 6.61 Å². The first kappa shape index (κ1) is 24.0. The summed E-state index contributed by atoms with van der Waals surface area (Å²) in [6.07, 6.45) is -3.23. The van der Waals surface area contributed by atoms with E-state index in [4.69, 9.17) is 5.11 Å². The van der Waals surface area contributed by atoms with Crippen molar-refractivity contribution in [1.29, 1.82) is 0 Å². The van der Waals surface area contributed by atoms with Crippen LogP contribution in [-0.2, 0) is 9.53 Å². The summed E-state index contributed by atoms with van der Waals surface area (Å²) < 4.78 is 78.4. The van der Waals surface area contributed by atoms with Gasteiger partial charge in [-0.2, -0.15) is 26.3 Å². The van der Waals surface area contributed by atoms with Crippen molar-refractivity contribution < 1.29 is 41.0 Å². The van der Waals surface area contributed by atoms with Gasteiger partial charge in [-0.1, -0.05) is 64.7 Å². The topological polar surface area (TPSA) is 46.5 Å². The molecule has 0 saturated heterocycles. The van der Waals surface area contributed by atoms with Crippen molar-refractivity contribution in [3.63, 3.8) is 0 Å². The quantitative estimate of drug-likeness (QED) is 0.284. The van der Waals surface area contributed by atoms with Gasteiger partial charge in [0.15, 0.2) is 0 Å². The summed E-state index contributed by atoms with van der Waals surface area (Å²) >= 11 is 0. The summed E-state index contributed by atoms with van der Waals surface area (Å²) in [6, 6.07) is 0. The Morgan fingerprint density at radius 1 is 0.760 bits per heavy atom. The van der Waals surface area contributed by atoms with Crippen LogP contribution in [0.15, 0.2) is 0 Å². The number of aliphatic hydroxyl groups is 1. The molecule has 0 amide bonds. The number of halogens is 6. The minimum Gasteiger partial charge on any atom is -0.463 e. The highest BCUT2D eigenvalue weighted by Gasteiger charge is 2.76. The Morgan fingerprint density at radius 2 is 1.12 bits per heavy atom. The van der Waals surface area contributed by atoms with Gasteiger partial charge in [-0.15, -0.1) is 0 Å². The standard InChI is InChI=1S/C16H26F6O3/c1-2-3-4-5-6-7-8-9-10-11-12-25-13(23)14(24,15(17,18)19)16(20,21)22/h24H,2-12H2,1H3. The molecule has 0 atom stereocenters. The summed E-state index contributed by atoms with van der Waals surface area (Å²) in [7, 11) is 0. The largest absolute Gasteiger partial charge is 0.463 e. The Bertz CT molecular complexity index is 365. The number of hydrogen-bond donors (Lipinski definition) is 1. The number of alkyl halides is 6. The van der Waals surface area contributed by atoms with Crippen LogP contribution >= 0.6 is 0 Å². The fourth-order valence-electron chi connectivity index (χ4n) is 2.25. The van der Waals surface area contributed by atoms with Crippen LogP contribution in [0.1, 0.15) is 71.1 Å². The molecule has 0 unspecified atom stereocenters. The minimum atomic E-state index is -6.19. The molecule has 150 valence electrons. The molecule has 0 rings (SSSR count). The van der Waals surface area contributed by atoms with Crippen LogP contribution in [-0.4, -0.2) is 35.6 Å². The van der Waals surface area contributed by atoms with E-state index < -0.39 is 30.5 Å². The SMILES string of the molecule is CCCCCCCCCCCCOC(=O)C(O)(C(F)(F)F)C(F)(F)F. The normalized spacial score (nSPS) is 13.1. The van der Waals surface area contributed by atoms with Gasteiger partial charge in [0, 0.05) is 0 Å². The molecule has 0 aromatic rings. The average molecular weight is 380 g/mol. The molecule has 0 fully saturated rings. The van der Waals surface area contributed by atoms with Crippen LogP contribution in [0, 0.1) is 0 Å². The van der Waals surface area contributed by atoms with Gasteiger partial charge in [-0.05, 0) is 6.42 Å². The van der Waals surface area contributed by atoms with E-state index >= 15 is 0 Å². The number of ether oxygens (including phenoxy) is 1. The number of unbranched alkanes of at least 4 members (excludes halogenated alkanes) is 9. The van der Waals surface area contributed by atoms with Gasteiger partial charge in [0.2, 0.25) is 0 Å². The predicted octanol–water partition coefficient (Wildman–Crippen LogP) is 5.31. The molecule has 0 aromatic carbocycles. The van der Waals surface area contributed by atoms with Crippen molar-refractivity contribution >= 4 is 5.97 Å². The second-order valence-electron chi connectivity index (χ2n) is 6.02. The molecule has 0 radical (unpaired) electrons. The fraction of sp³-hybridized carbons (Fsp3) is 0.938. The summed E-state index contributed by atoms with van der Waals surface area (Å²) in [5.41, 5.74) is -5.49. The number of esters is 1. The number of carbonyl (C=O) groups is 1. The highest BCUT2D eigenvalue weighted by atomic mass is 19.4. The Kier molecular flexibility index (Phi) is 10.4. The van der Waals surface area contributed by atoms with Crippen LogP contribution < -0.4 is 0 Å². The van der Waals surface area contributed by atoms with Crippen molar-refractivity contribution in [2.45, 2.75) is 89.1 Å². The van der Waals surface area contributed by atoms with Gasteiger partial charge < -0.3 is 9.84 Å². The zero-order valence-electron chi connectivity index (χ0n) is 14.3. The van der Waals surface area contributed by atoms with Crippen LogP contribution in [0.25, 0.3) is 0 Å². The third-order valence-corrected chi connectivity index (χ3v) is 3.85. The molecule has 3 nitrogen and oxygen atoms in total. The van der Waals surface area contributed by atoms with Gasteiger partial charge >= 0.3 is 23.9 Å². The molecular formula is C16H26F6O3. The van der Waals surface area contributed by atoms with Gasteiger partial charge in [0.25, 0.3) is 0 Å². The molecular weight excluding hydrogens is 354 g/mol. The lowest BCUT2D eigenvalue weighted by Crippen LogP contribution is -2.63. The third kappa shape index (κ3) is 7.83. The van der Waals surface area contributed by atoms with Gasteiger partial charge in [-0.25, -0.2) is 4.79 Å². The highest BCUT2D eigenvalue weighted by Crippen LogP contribution is 2.43. The lowest BCUT2D eigenvalue weighted by atomic mass is 10.0. The van der Waals surface area contributed by atoms with Crippen LogP contribution in [0.4, 0.5) is 26.3 Å². The maximum absolute atomic E-state index is 12.4. The first-order chi connectivity index (χ1) is 11.5. The predicted molar refractivity (Wildman–Crippen MR) is 79.9 cm³/mol. The lowest BCUT2D eigenvalue weighted by molar-refractivity contribution is -0.356. The molecule has 9 heteroatoms. The number of carbonyl (C=O) groups excluding carboxylic acids is 1. The summed E-state index contributed by atoms with van der Waals surface area (Å²) in [5, 5.41) is 8.79. The van der Waals surface area contributed by atoms with Crippen molar-refractivity contribution in [2.24, 2.45) is 0 Å². The van der Waals surface area contributed by atoms with E-state index in [9.17, 15) is 31.1 Å². The van der Waals surface area contributed by atoms with Crippen LogP contribution in [0.3, 0.4) is 0 Å². The van der Waals surface area contributed by atoms with Crippen molar-refractivity contribution in [2.75, 3.05) is 6.61 Å². The Labute approximate surface area is 143 Å². The molecule has 0 saturated carbocycles. The van der Waals surface area contributed by atoms with E-state index in [0.29, 0.717) is 6.42 Å². The van der Waals surface area contributed by atoms with Crippen LogP contribution in [0.5, 0.6) is 0 Å². The van der Waals surface area contributed by atoms with E-state index in [0.717, 1.165) is 38.5 Å². The van der Waals surface area contributed by atoms with E-state index in [2.05, 4.69) is 11.7 Å². The number of hydrogen-bond acceptors (Lipinski definition) is 3. The zero-order valence-corrected chi connectivity index (χ0v) is 14.3. The first-order valence-corrected chi connectivity index (χ1v) is 8.51. The van der Waals surface area contributed by atoms with E-state index in [1.54, 1.807) is 0 Å². The Balaban J connectivity index is 3.99. The third-order valence-electron chi connectivity index (χ3n) is 3.85. The molecule has 0 bridgehead atoms. The molecule has 0 heterocycles. The second kappa shape index (κ2) is 10.9. The van der Waals surface area contributed by atoms with Crippen molar-refractivity contribution in [3.8, 4) is 0 Å². The maximum atomic E-state index is 12.4. The molecule has 25 heavy (non-hydrogen) atoms. The van der Waals surface area contributed by atoms with Crippen LogP contribution in [0.2, 0.25) is 0 Å². The van der Waals surface area contributed by atoms with Crippen molar-refractivity contribution in [1.82, 2.24) is 0 Å². The maximum Gasteiger partial charge on any atom is 0.437 e. The van der Waals surface area contributed by atoms with E-state index in [-0.39, 0.29) is 6.42 Å². The second-order valence-corrected chi connectivity index (χ2v) is 6.02. The lowest BCUT2D eigenvalue weighted by Gasteiger charge is -2.29. The number of rotatable bonds is 12. The summed E-state index contributed by atoms with van der Waals surface area (Å²) in [6.45, 7) is 1.53. The molecule has 0 aromatic heterocycles. The molecule has 0 aliphatic heterocycles. The van der Waals surface area contributed by atoms with Gasteiger partial charge in [0.1, 0.15) is 0 Å². The summed E-state index contributed by atoms with van der Waals surface area (Å²) in [5.74, 6) is -2.73. The average Bonchev–Trinajstić information content (AvgIpc) is 2.49. The molecule has 0 aliphatic rings. The highest BCUT2D eigenvalue weighted by molar-refractivity contribution is 5.81. The van der Waals surface area contributed by atoms with E-state index in [1.807, 2.05) is 0 Å². The Morgan fingerprint density at radius 3 is 1.48 bits per heavy atom.